The highest BCUT2D eigenvalue weighted by molar-refractivity contribution is 7.92. The number of aliphatic hydroxyl groups excluding tert-OH is 1. The number of fused-ring (bicyclic) bond motifs is 1. The number of hydrogen-bond donors (Lipinski definition) is 3. The Balaban J connectivity index is 2.02. The topological polar surface area (TPSA) is 117 Å². The molecule has 0 fully saturated rings. The van der Waals surface area contributed by atoms with Crippen LogP contribution in [0.4, 0.5) is 5.69 Å². The minimum Gasteiger partial charge on any atom is -0.490 e. The van der Waals surface area contributed by atoms with E-state index in [0.717, 1.165) is 19.3 Å². The van der Waals surface area contributed by atoms with E-state index in [2.05, 4.69) is 10.0 Å². The van der Waals surface area contributed by atoms with Crippen molar-refractivity contribution in [3.05, 3.63) is 53.1 Å². The molecular formula is C28H40ClN3O6S. The van der Waals surface area contributed by atoms with Crippen molar-refractivity contribution in [2.45, 2.75) is 63.2 Å². The highest BCUT2D eigenvalue weighted by Gasteiger charge is 2.30. The van der Waals surface area contributed by atoms with Gasteiger partial charge in [-0.1, -0.05) is 18.5 Å². The lowest BCUT2D eigenvalue weighted by atomic mass is 10.0. The molecule has 0 saturated heterocycles. The molecule has 1 amide bonds. The predicted octanol–water partition coefficient (Wildman–Crippen LogP) is 4.16. The van der Waals surface area contributed by atoms with Crippen LogP contribution in [0.5, 0.6) is 5.75 Å². The summed E-state index contributed by atoms with van der Waals surface area (Å²) in [6, 6.07) is 10.0. The van der Waals surface area contributed by atoms with Crippen molar-refractivity contribution in [2.75, 3.05) is 38.1 Å². The van der Waals surface area contributed by atoms with Gasteiger partial charge in [0.25, 0.3) is 15.9 Å². The number of ether oxygens (including phenoxy) is 2. The zero-order chi connectivity index (χ0) is 28.6. The van der Waals surface area contributed by atoms with Gasteiger partial charge in [-0.3, -0.25) is 9.52 Å². The van der Waals surface area contributed by atoms with Crippen molar-refractivity contribution in [2.24, 2.45) is 5.92 Å². The van der Waals surface area contributed by atoms with E-state index in [1.54, 1.807) is 24.0 Å². The van der Waals surface area contributed by atoms with E-state index in [4.69, 9.17) is 21.1 Å². The van der Waals surface area contributed by atoms with Gasteiger partial charge in [0.05, 0.1) is 35.3 Å². The molecule has 3 N–H and O–H groups in total. The average molecular weight is 582 g/mol. The quantitative estimate of drug-likeness (QED) is 0.449. The lowest BCUT2D eigenvalue weighted by molar-refractivity contribution is -0.000450. The van der Waals surface area contributed by atoms with Crippen LogP contribution in [0.3, 0.4) is 0 Å². The predicted molar refractivity (Wildman–Crippen MR) is 153 cm³/mol. The first-order valence-electron chi connectivity index (χ1n) is 13.3. The molecule has 2 aromatic carbocycles. The molecule has 4 atom stereocenters. The lowest BCUT2D eigenvalue weighted by Crippen LogP contribution is -2.47. The average Bonchev–Trinajstić information content (AvgIpc) is 2.90. The van der Waals surface area contributed by atoms with Gasteiger partial charge in [0.15, 0.2) is 0 Å². The SMILES string of the molecule is CNC[C@@H]1OCCCC[C@@H](C)Oc2ccc(NS(=O)(=O)c3ccc(Cl)cc3)cc2C(=O)N([C@@H](C)CO)C[C@H]1C. The number of nitrogens with one attached hydrogen (secondary N) is 2. The largest absolute Gasteiger partial charge is 0.490 e. The standard InChI is InChI=1S/C28H40ClN3O6S/c1-19-17-32(20(2)18-33)28(34)25-15-23(31-39(35,36)24-11-8-22(29)9-12-24)10-13-26(25)38-21(3)7-5-6-14-37-27(19)16-30-4/h8-13,15,19-21,27,30-31,33H,5-7,14,16-18H2,1-4H3/t19-,20+,21-,27+/m1/s1. The van der Waals surface area contributed by atoms with Crippen LogP contribution in [0.15, 0.2) is 47.4 Å². The van der Waals surface area contributed by atoms with Crippen LogP contribution in [-0.4, -0.2) is 75.9 Å². The Labute approximate surface area is 236 Å². The second kappa shape index (κ2) is 14.3. The Kier molecular flexibility index (Phi) is 11.4. The second-order valence-electron chi connectivity index (χ2n) is 10.1. The maximum atomic E-state index is 14.0. The minimum absolute atomic E-state index is 0.0341. The van der Waals surface area contributed by atoms with Crippen LogP contribution >= 0.6 is 11.6 Å². The third-order valence-corrected chi connectivity index (χ3v) is 8.48. The van der Waals surface area contributed by atoms with Gasteiger partial charge in [0.1, 0.15) is 5.75 Å². The number of likely N-dealkylation sites (N-methyl/N-ethyl adjacent to an activating group) is 1. The molecule has 216 valence electrons. The number of hydrogen-bond acceptors (Lipinski definition) is 7. The Morgan fingerprint density at radius 2 is 1.87 bits per heavy atom. The van der Waals surface area contributed by atoms with Crippen LogP contribution < -0.4 is 14.8 Å². The number of carbonyl (C=O) groups excluding carboxylic acids is 1. The number of halogens is 1. The molecular weight excluding hydrogens is 542 g/mol. The molecule has 2 aromatic rings. The van der Waals surface area contributed by atoms with Gasteiger partial charge in [-0.25, -0.2) is 8.42 Å². The number of aliphatic hydroxyl groups is 1. The summed E-state index contributed by atoms with van der Waals surface area (Å²) in [4.78, 5) is 15.7. The van der Waals surface area contributed by atoms with Crippen molar-refractivity contribution in [1.29, 1.82) is 0 Å². The zero-order valence-electron chi connectivity index (χ0n) is 23.0. The van der Waals surface area contributed by atoms with Crippen LogP contribution in [0.1, 0.15) is 50.4 Å². The Morgan fingerprint density at radius 3 is 2.54 bits per heavy atom. The third kappa shape index (κ3) is 8.56. The Bertz CT molecular complexity index is 1190. The Morgan fingerprint density at radius 1 is 1.15 bits per heavy atom. The summed E-state index contributed by atoms with van der Waals surface area (Å²) in [6.45, 7) is 7.09. The van der Waals surface area contributed by atoms with Gasteiger partial charge in [0.2, 0.25) is 0 Å². The number of nitrogens with zero attached hydrogens (tertiary/aromatic N) is 1. The number of amides is 1. The second-order valence-corrected chi connectivity index (χ2v) is 12.2. The summed E-state index contributed by atoms with van der Waals surface area (Å²) in [5, 5.41) is 13.6. The van der Waals surface area contributed by atoms with Gasteiger partial charge in [-0.05, 0) is 82.6 Å². The maximum Gasteiger partial charge on any atom is 0.261 e. The third-order valence-electron chi connectivity index (χ3n) is 6.83. The van der Waals surface area contributed by atoms with E-state index in [1.807, 2.05) is 20.9 Å². The van der Waals surface area contributed by atoms with Gasteiger partial charge in [0, 0.05) is 36.3 Å². The summed E-state index contributed by atoms with van der Waals surface area (Å²) >= 11 is 5.91. The van der Waals surface area contributed by atoms with Crippen LogP contribution in [0, 0.1) is 5.92 Å². The molecule has 0 bridgehead atoms. The molecule has 1 aliphatic rings. The van der Waals surface area contributed by atoms with E-state index in [-0.39, 0.29) is 46.8 Å². The first kappa shape index (κ1) is 31.2. The van der Waals surface area contributed by atoms with Gasteiger partial charge >= 0.3 is 0 Å². The highest BCUT2D eigenvalue weighted by Crippen LogP contribution is 2.29. The van der Waals surface area contributed by atoms with Crippen LogP contribution in [0.25, 0.3) is 0 Å². The number of benzene rings is 2. The van der Waals surface area contributed by atoms with E-state index in [1.165, 1.54) is 30.3 Å². The normalized spacial score (nSPS) is 22.4. The molecule has 0 spiro atoms. The van der Waals surface area contributed by atoms with Crippen molar-refractivity contribution in [1.82, 2.24) is 10.2 Å². The van der Waals surface area contributed by atoms with E-state index in [0.29, 0.717) is 30.5 Å². The maximum absolute atomic E-state index is 14.0. The van der Waals surface area contributed by atoms with Gasteiger partial charge in [-0.15, -0.1) is 0 Å². The Hall–Kier alpha value is -2.37. The van der Waals surface area contributed by atoms with Crippen molar-refractivity contribution >= 4 is 33.2 Å². The van der Waals surface area contributed by atoms with Crippen LogP contribution in [0.2, 0.25) is 5.02 Å². The monoisotopic (exact) mass is 581 g/mol. The molecule has 0 radical (unpaired) electrons. The lowest BCUT2D eigenvalue weighted by Gasteiger charge is -2.34. The molecule has 11 heteroatoms. The van der Waals surface area contributed by atoms with Crippen molar-refractivity contribution in [3.63, 3.8) is 0 Å². The van der Waals surface area contributed by atoms with E-state index in [9.17, 15) is 18.3 Å². The first-order valence-corrected chi connectivity index (χ1v) is 15.2. The van der Waals surface area contributed by atoms with Crippen LogP contribution in [-0.2, 0) is 14.8 Å². The fourth-order valence-corrected chi connectivity index (χ4v) is 5.68. The molecule has 0 unspecified atom stereocenters. The smallest absolute Gasteiger partial charge is 0.261 e. The minimum atomic E-state index is -3.93. The van der Waals surface area contributed by atoms with Gasteiger partial charge < -0.3 is 24.8 Å². The summed E-state index contributed by atoms with van der Waals surface area (Å²) in [5.74, 6) is -0.0311. The molecule has 0 aliphatic carbocycles. The summed E-state index contributed by atoms with van der Waals surface area (Å²) in [5.41, 5.74) is 0.435. The number of carbonyl (C=O) groups is 1. The summed E-state index contributed by atoms with van der Waals surface area (Å²) in [7, 11) is -2.06. The van der Waals surface area contributed by atoms with Gasteiger partial charge in [-0.2, -0.15) is 0 Å². The van der Waals surface area contributed by atoms with Crippen molar-refractivity contribution in [3.8, 4) is 5.75 Å². The van der Waals surface area contributed by atoms with Crippen molar-refractivity contribution < 1.29 is 27.8 Å². The first-order chi connectivity index (χ1) is 18.6. The number of anilines is 1. The highest BCUT2D eigenvalue weighted by atomic mass is 35.5. The fourth-order valence-electron chi connectivity index (χ4n) is 4.51. The molecule has 1 aliphatic heterocycles. The number of rotatable bonds is 7. The zero-order valence-corrected chi connectivity index (χ0v) is 24.6. The molecule has 9 nitrogen and oxygen atoms in total. The molecule has 3 rings (SSSR count). The van der Waals surface area contributed by atoms with E-state index >= 15 is 0 Å². The van der Waals surface area contributed by atoms with E-state index < -0.39 is 16.1 Å². The number of sulfonamides is 1. The molecule has 0 saturated carbocycles. The fraction of sp³-hybridized carbons (Fsp3) is 0.536. The molecule has 1 heterocycles. The summed E-state index contributed by atoms with van der Waals surface area (Å²) in [6.07, 6.45) is 2.26. The molecule has 0 aromatic heterocycles. The molecule has 39 heavy (non-hydrogen) atoms. The summed E-state index contributed by atoms with van der Waals surface area (Å²) < 4.78 is 41.0.